The van der Waals surface area contributed by atoms with Gasteiger partial charge in [-0.05, 0) is 66.9 Å². The number of carbonyl (C=O) groups is 1. The van der Waals surface area contributed by atoms with Gasteiger partial charge in [-0.15, -0.1) is 0 Å². The Kier molecular flexibility index (Phi) is 7.50. The number of ether oxygens (including phenoxy) is 2. The van der Waals surface area contributed by atoms with Crippen LogP contribution in [0.15, 0.2) is 83.3 Å². The van der Waals surface area contributed by atoms with Crippen LogP contribution in [0.5, 0.6) is 11.5 Å². The second kappa shape index (κ2) is 10.5. The zero-order chi connectivity index (χ0) is 19.6. The molecule has 28 heavy (non-hydrogen) atoms. The van der Waals surface area contributed by atoms with Crippen LogP contribution in [0.1, 0.15) is 12.0 Å². The van der Waals surface area contributed by atoms with Gasteiger partial charge in [0, 0.05) is 10.2 Å². The monoisotopic (exact) mass is 439 g/mol. The van der Waals surface area contributed by atoms with E-state index in [2.05, 4.69) is 33.4 Å². The van der Waals surface area contributed by atoms with E-state index in [0.717, 1.165) is 23.1 Å². The molecular weight excluding hydrogens is 418 g/mol. The highest BCUT2D eigenvalue weighted by Gasteiger charge is 2.04. The normalized spacial score (nSPS) is 10.3. The number of aryl methyl sites for hydroxylation is 1. The minimum absolute atomic E-state index is 0.0423. The van der Waals surface area contributed by atoms with Crippen molar-refractivity contribution in [3.63, 3.8) is 0 Å². The van der Waals surface area contributed by atoms with Crippen LogP contribution < -0.4 is 14.8 Å². The maximum absolute atomic E-state index is 12.0. The first kappa shape index (κ1) is 20.0. The fourth-order valence-corrected chi connectivity index (χ4v) is 2.89. The van der Waals surface area contributed by atoms with Gasteiger partial charge in [0.05, 0.1) is 6.61 Å². The number of hydrogen-bond acceptors (Lipinski definition) is 3. The zero-order valence-electron chi connectivity index (χ0n) is 15.4. The van der Waals surface area contributed by atoms with Gasteiger partial charge in [0.25, 0.3) is 5.91 Å². The standard InChI is InChI=1S/C23H22BrNO3/c24-19-8-12-22(13-9-19)28-17-23(26)25-20-10-14-21(15-11-20)27-16-4-7-18-5-2-1-3-6-18/h1-3,5-6,8-15H,4,7,16-17H2,(H,25,26). The zero-order valence-corrected chi connectivity index (χ0v) is 17.0. The average Bonchev–Trinajstić information content (AvgIpc) is 2.73. The highest BCUT2D eigenvalue weighted by atomic mass is 79.9. The van der Waals surface area contributed by atoms with E-state index in [-0.39, 0.29) is 12.5 Å². The second-order valence-electron chi connectivity index (χ2n) is 6.25. The Labute approximate surface area is 173 Å². The van der Waals surface area contributed by atoms with Crippen molar-refractivity contribution in [2.45, 2.75) is 12.8 Å². The van der Waals surface area contributed by atoms with E-state index in [1.54, 1.807) is 12.1 Å². The van der Waals surface area contributed by atoms with Crippen molar-refractivity contribution in [1.82, 2.24) is 0 Å². The van der Waals surface area contributed by atoms with Gasteiger partial charge in [-0.2, -0.15) is 0 Å². The predicted molar refractivity (Wildman–Crippen MR) is 115 cm³/mol. The first-order valence-electron chi connectivity index (χ1n) is 9.14. The lowest BCUT2D eigenvalue weighted by atomic mass is 10.1. The predicted octanol–water partition coefficient (Wildman–Crippen LogP) is 5.48. The maximum Gasteiger partial charge on any atom is 0.262 e. The molecule has 1 N–H and O–H groups in total. The van der Waals surface area contributed by atoms with Crippen molar-refractivity contribution in [3.8, 4) is 11.5 Å². The molecule has 0 aliphatic rings. The summed E-state index contributed by atoms with van der Waals surface area (Å²) in [5.74, 6) is 1.23. The van der Waals surface area contributed by atoms with Crippen LogP contribution in [0.2, 0.25) is 0 Å². The molecule has 4 nitrogen and oxygen atoms in total. The van der Waals surface area contributed by atoms with E-state index < -0.39 is 0 Å². The Morgan fingerprint density at radius 1 is 0.821 bits per heavy atom. The molecule has 0 saturated carbocycles. The third-order valence-corrected chi connectivity index (χ3v) is 4.57. The average molecular weight is 440 g/mol. The van der Waals surface area contributed by atoms with Crippen LogP contribution in [0.25, 0.3) is 0 Å². The van der Waals surface area contributed by atoms with Gasteiger partial charge < -0.3 is 14.8 Å². The van der Waals surface area contributed by atoms with E-state index in [1.807, 2.05) is 54.6 Å². The van der Waals surface area contributed by atoms with Gasteiger partial charge >= 0.3 is 0 Å². The Hall–Kier alpha value is -2.79. The third kappa shape index (κ3) is 6.74. The molecule has 0 heterocycles. The molecule has 0 unspecified atom stereocenters. The number of hydrogen-bond donors (Lipinski definition) is 1. The van der Waals surface area contributed by atoms with Crippen molar-refractivity contribution >= 4 is 27.5 Å². The van der Waals surface area contributed by atoms with Crippen molar-refractivity contribution in [2.24, 2.45) is 0 Å². The van der Waals surface area contributed by atoms with Crippen molar-refractivity contribution < 1.29 is 14.3 Å². The Morgan fingerprint density at radius 3 is 2.18 bits per heavy atom. The second-order valence-corrected chi connectivity index (χ2v) is 7.17. The van der Waals surface area contributed by atoms with Crippen LogP contribution in [0.3, 0.4) is 0 Å². The lowest BCUT2D eigenvalue weighted by Crippen LogP contribution is -2.20. The highest BCUT2D eigenvalue weighted by molar-refractivity contribution is 9.10. The van der Waals surface area contributed by atoms with E-state index in [1.165, 1.54) is 5.56 Å². The van der Waals surface area contributed by atoms with Gasteiger partial charge in [0.2, 0.25) is 0 Å². The molecule has 0 aliphatic heterocycles. The molecule has 0 spiro atoms. The highest BCUT2D eigenvalue weighted by Crippen LogP contribution is 2.18. The summed E-state index contributed by atoms with van der Waals surface area (Å²) < 4.78 is 12.2. The van der Waals surface area contributed by atoms with Gasteiger partial charge in [-0.1, -0.05) is 46.3 Å². The van der Waals surface area contributed by atoms with Gasteiger partial charge in [-0.3, -0.25) is 4.79 Å². The molecule has 3 rings (SSSR count). The summed E-state index contributed by atoms with van der Waals surface area (Å²) in [6.45, 7) is 0.612. The quantitative estimate of drug-likeness (QED) is 0.449. The summed E-state index contributed by atoms with van der Waals surface area (Å²) in [6.07, 6.45) is 1.95. The molecule has 5 heteroatoms. The molecule has 0 aliphatic carbocycles. The lowest BCUT2D eigenvalue weighted by molar-refractivity contribution is -0.118. The molecule has 144 valence electrons. The Bertz CT molecular complexity index is 865. The number of halogens is 1. The summed E-state index contributed by atoms with van der Waals surface area (Å²) in [5, 5.41) is 2.81. The topological polar surface area (TPSA) is 47.6 Å². The van der Waals surface area contributed by atoms with Crippen molar-refractivity contribution in [2.75, 3.05) is 18.5 Å². The SMILES string of the molecule is O=C(COc1ccc(Br)cc1)Nc1ccc(OCCCc2ccccc2)cc1. The minimum Gasteiger partial charge on any atom is -0.494 e. The van der Waals surface area contributed by atoms with E-state index in [9.17, 15) is 4.79 Å². The molecule has 0 atom stereocenters. The summed E-state index contributed by atoms with van der Waals surface area (Å²) in [6, 6.07) is 25.1. The number of benzene rings is 3. The summed E-state index contributed by atoms with van der Waals surface area (Å²) in [4.78, 5) is 12.0. The fourth-order valence-electron chi connectivity index (χ4n) is 2.62. The molecule has 0 fully saturated rings. The summed E-state index contributed by atoms with van der Waals surface area (Å²) >= 11 is 3.36. The fraction of sp³-hybridized carbons (Fsp3) is 0.174. The molecular formula is C23H22BrNO3. The maximum atomic E-state index is 12.0. The smallest absolute Gasteiger partial charge is 0.262 e. The van der Waals surface area contributed by atoms with E-state index in [0.29, 0.717) is 18.0 Å². The molecule has 3 aromatic rings. The number of rotatable bonds is 9. The van der Waals surface area contributed by atoms with Gasteiger partial charge in [-0.25, -0.2) is 0 Å². The molecule has 0 radical (unpaired) electrons. The largest absolute Gasteiger partial charge is 0.494 e. The van der Waals surface area contributed by atoms with Crippen LogP contribution in [0.4, 0.5) is 5.69 Å². The molecule has 1 amide bonds. The first-order chi connectivity index (χ1) is 13.7. The van der Waals surface area contributed by atoms with Crippen LogP contribution in [0, 0.1) is 0 Å². The van der Waals surface area contributed by atoms with Gasteiger partial charge in [0.1, 0.15) is 11.5 Å². The number of nitrogens with one attached hydrogen (secondary N) is 1. The van der Waals surface area contributed by atoms with Crippen LogP contribution >= 0.6 is 15.9 Å². The van der Waals surface area contributed by atoms with Crippen LogP contribution in [-0.2, 0) is 11.2 Å². The van der Waals surface area contributed by atoms with Gasteiger partial charge in [0.15, 0.2) is 6.61 Å². The molecule has 0 saturated heterocycles. The summed E-state index contributed by atoms with van der Waals surface area (Å²) in [5.41, 5.74) is 2.02. The third-order valence-electron chi connectivity index (χ3n) is 4.04. The lowest BCUT2D eigenvalue weighted by Gasteiger charge is -2.09. The van der Waals surface area contributed by atoms with Crippen molar-refractivity contribution in [1.29, 1.82) is 0 Å². The van der Waals surface area contributed by atoms with Crippen LogP contribution in [-0.4, -0.2) is 19.1 Å². The number of anilines is 1. The van der Waals surface area contributed by atoms with E-state index in [4.69, 9.17) is 9.47 Å². The van der Waals surface area contributed by atoms with Crippen molar-refractivity contribution in [3.05, 3.63) is 88.9 Å². The number of amides is 1. The minimum atomic E-state index is -0.209. The van der Waals surface area contributed by atoms with E-state index >= 15 is 0 Å². The number of carbonyl (C=O) groups excluding carboxylic acids is 1. The molecule has 3 aromatic carbocycles. The summed E-state index contributed by atoms with van der Waals surface area (Å²) in [7, 11) is 0. The molecule has 0 bridgehead atoms. The molecule has 0 aromatic heterocycles. The Morgan fingerprint density at radius 2 is 1.46 bits per heavy atom. The first-order valence-corrected chi connectivity index (χ1v) is 9.93. The Balaban J connectivity index is 1.37.